The lowest BCUT2D eigenvalue weighted by Gasteiger charge is -2.43. The van der Waals surface area contributed by atoms with Gasteiger partial charge in [-0.25, -0.2) is 0 Å². The lowest BCUT2D eigenvalue weighted by Crippen LogP contribution is -2.46. The van der Waals surface area contributed by atoms with E-state index in [0.29, 0.717) is 11.1 Å². The summed E-state index contributed by atoms with van der Waals surface area (Å²) < 4.78 is 0. The quantitative estimate of drug-likeness (QED) is 0.425. The normalized spacial score (nSPS) is 16.8. The molecule has 1 atom stereocenters. The third kappa shape index (κ3) is 3.37. The number of imide groups is 1. The van der Waals surface area contributed by atoms with Crippen LogP contribution in [0.25, 0.3) is 0 Å². The number of amides is 2. The molecule has 0 radical (unpaired) electrons. The third-order valence-corrected chi connectivity index (χ3v) is 6.78. The van der Waals surface area contributed by atoms with E-state index in [1.54, 1.807) is 24.3 Å². The first-order valence-corrected chi connectivity index (χ1v) is 11.1. The molecule has 3 aromatic carbocycles. The zero-order chi connectivity index (χ0) is 22.2. The fraction of sp³-hybridized carbons (Fsp3) is 0.214. The van der Waals surface area contributed by atoms with Gasteiger partial charge in [0.25, 0.3) is 11.8 Å². The number of carbonyl (C=O) groups is 2. The first kappa shape index (κ1) is 20.4. The van der Waals surface area contributed by atoms with Gasteiger partial charge in [-0.05, 0) is 48.3 Å². The summed E-state index contributed by atoms with van der Waals surface area (Å²) in [5.41, 5.74) is 5.95. The second-order valence-corrected chi connectivity index (χ2v) is 8.62. The van der Waals surface area contributed by atoms with E-state index >= 15 is 0 Å². The zero-order valence-corrected chi connectivity index (χ0v) is 18.4. The van der Waals surface area contributed by atoms with Gasteiger partial charge in [0.2, 0.25) is 0 Å². The molecule has 0 saturated carbocycles. The highest BCUT2D eigenvalue weighted by Crippen LogP contribution is 2.36. The van der Waals surface area contributed by atoms with Crippen LogP contribution in [0.2, 0.25) is 0 Å². The van der Waals surface area contributed by atoms with E-state index < -0.39 is 0 Å². The van der Waals surface area contributed by atoms with E-state index in [-0.39, 0.29) is 23.9 Å². The summed E-state index contributed by atoms with van der Waals surface area (Å²) in [5.74, 6) is -0.388. The Morgan fingerprint density at radius 3 is 1.62 bits per heavy atom. The summed E-state index contributed by atoms with van der Waals surface area (Å²) in [6, 6.07) is 28.1. The summed E-state index contributed by atoms with van der Waals surface area (Å²) in [6.07, 6.45) is 0. The number of rotatable bonds is 5. The van der Waals surface area contributed by atoms with Crippen LogP contribution in [-0.4, -0.2) is 40.7 Å². The molecule has 4 heteroatoms. The van der Waals surface area contributed by atoms with Crippen molar-refractivity contribution in [3.63, 3.8) is 0 Å². The average Bonchev–Trinajstić information content (AvgIpc) is 3.06. The monoisotopic (exact) mass is 422 g/mol. The number of nitrogens with zero attached hydrogens (tertiary/aromatic N) is 2. The van der Waals surface area contributed by atoms with E-state index in [0.717, 1.165) is 18.7 Å². The largest absolute Gasteiger partial charge is 0.284 e. The predicted molar refractivity (Wildman–Crippen MR) is 125 cm³/mol. The summed E-state index contributed by atoms with van der Waals surface area (Å²) in [4.78, 5) is 29.7. The maximum absolute atomic E-state index is 12.9. The van der Waals surface area contributed by atoms with E-state index in [1.807, 2.05) is 19.1 Å². The number of carbonyl (C=O) groups excluding carboxylic acids is 2. The molecule has 0 N–H and O–H groups in total. The van der Waals surface area contributed by atoms with Crippen molar-refractivity contribution in [2.75, 3.05) is 13.1 Å². The van der Waals surface area contributed by atoms with Gasteiger partial charge < -0.3 is 0 Å². The highest BCUT2D eigenvalue weighted by atomic mass is 16.2. The highest BCUT2D eigenvalue weighted by Gasteiger charge is 2.40. The maximum Gasteiger partial charge on any atom is 0.262 e. The molecule has 32 heavy (non-hydrogen) atoms. The summed E-state index contributed by atoms with van der Waals surface area (Å²) in [7, 11) is 0. The Morgan fingerprint density at radius 2 is 1.16 bits per heavy atom. The first-order valence-electron chi connectivity index (χ1n) is 11.1. The molecule has 0 spiro atoms. The summed E-state index contributed by atoms with van der Waals surface area (Å²) >= 11 is 0. The molecule has 5 rings (SSSR count). The van der Waals surface area contributed by atoms with E-state index in [9.17, 15) is 9.59 Å². The Kier molecular flexibility index (Phi) is 5.24. The van der Waals surface area contributed by atoms with Gasteiger partial charge in [0, 0.05) is 13.1 Å². The SMILES string of the molecule is CC(=C1CN(C(c2ccccc2)c2ccccc2)C1)[C@@H](C)N1C(=O)c2ccccc2C1=O. The number of hydrogen-bond donors (Lipinski definition) is 0. The standard InChI is InChI=1S/C28H26N2O2/c1-19(20(2)30-27(31)24-15-9-10-16-25(24)28(30)32)23-17-29(18-23)26(21-11-5-3-6-12-21)22-13-7-4-8-14-22/h3-16,20,26H,17-18H2,1-2H3/t20-/m1/s1. The van der Waals surface area contributed by atoms with Crippen LogP contribution in [0.5, 0.6) is 0 Å². The van der Waals surface area contributed by atoms with Crippen LogP contribution in [0.4, 0.5) is 0 Å². The van der Waals surface area contributed by atoms with Gasteiger partial charge in [0.1, 0.15) is 0 Å². The number of hydrogen-bond acceptors (Lipinski definition) is 3. The van der Waals surface area contributed by atoms with Crippen molar-refractivity contribution < 1.29 is 9.59 Å². The summed E-state index contributed by atoms with van der Waals surface area (Å²) in [5, 5.41) is 0. The Labute approximate surface area is 188 Å². The van der Waals surface area contributed by atoms with Crippen molar-refractivity contribution in [3.05, 3.63) is 118 Å². The number of benzene rings is 3. The molecular formula is C28H26N2O2. The van der Waals surface area contributed by atoms with Crippen molar-refractivity contribution in [1.82, 2.24) is 9.80 Å². The van der Waals surface area contributed by atoms with Gasteiger partial charge in [0.15, 0.2) is 0 Å². The van der Waals surface area contributed by atoms with Gasteiger partial charge in [-0.3, -0.25) is 19.4 Å². The van der Waals surface area contributed by atoms with E-state index in [4.69, 9.17) is 0 Å². The van der Waals surface area contributed by atoms with Crippen molar-refractivity contribution in [3.8, 4) is 0 Å². The Hall–Kier alpha value is -3.50. The Balaban J connectivity index is 1.38. The fourth-order valence-corrected chi connectivity index (χ4v) is 4.81. The molecule has 0 aromatic heterocycles. The maximum atomic E-state index is 12.9. The lowest BCUT2D eigenvalue weighted by atomic mass is 9.90. The topological polar surface area (TPSA) is 40.6 Å². The van der Waals surface area contributed by atoms with Gasteiger partial charge in [0.05, 0.1) is 23.2 Å². The van der Waals surface area contributed by atoms with Crippen LogP contribution in [0.1, 0.15) is 51.7 Å². The van der Waals surface area contributed by atoms with E-state index in [2.05, 4.69) is 60.4 Å². The van der Waals surface area contributed by atoms with Gasteiger partial charge in [-0.2, -0.15) is 0 Å². The Morgan fingerprint density at radius 1 is 0.719 bits per heavy atom. The van der Waals surface area contributed by atoms with Crippen LogP contribution < -0.4 is 0 Å². The Bertz CT molecular complexity index is 1120. The molecule has 3 aromatic rings. The first-order chi connectivity index (χ1) is 15.6. The van der Waals surface area contributed by atoms with Crippen molar-refractivity contribution >= 4 is 11.8 Å². The number of likely N-dealkylation sites (tertiary alicyclic amines) is 1. The molecule has 0 unspecified atom stereocenters. The highest BCUT2D eigenvalue weighted by molar-refractivity contribution is 6.21. The van der Waals surface area contributed by atoms with Gasteiger partial charge in [-0.15, -0.1) is 0 Å². The molecule has 2 aliphatic heterocycles. The van der Waals surface area contributed by atoms with Gasteiger partial charge >= 0.3 is 0 Å². The average molecular weight is 423 g/mol. The minimum atomic E-state index is -0.258. The molecule has 2 heterocycles. The molecule has 1 fully saturated rings. The molecule has 160 valence electrons. The fourth-order valence-electron chi connectivity index (χ4n) is 4.81. The number of fused-ring (bicyclic) bond motifs is 1. The molecular weight excluding hydrogens is 396 g/mol. The van der Waals surface area contributed by atoms with Crippen LogP contribution >= 0.6 is 0 Å². The van der Waals surface area contributed by atoms with E-state index in [1.165, 1.54) is 21.6 Å². The van der Waals surface area contributed by atoms with Gasteiger partial charge in [-0.1, -0.05) is 72.8 Å². The lowest BCUT2D eigenvalue weighted by molar-refractivity contribution is 0.0615. The molecule has 0 aliphatic carbocycles. The van der Waals surface area contributed by atoms with Crippen molar-refractivity contribution in [1.29, 1.82) is 0 Å². The van der Waals surface area contributed by atoms with Crippen molar-refractivity contribution in [2.24, 2.45) is 0 Å². The minimum Gasteiger partial charge on any atom is -0.284 e. The molecule has 0 bridgehead atoms. The van der Waals surface area contributed by atoms with Crippen LogP contribution in [0.15, 0.2) is 96.1 Å². The molecule has 2 amide bonds. The molecule has 1 saturated heterocycles. The van der Waals surface area contributed by atoms with Crippen molar-refractivity contribution in [2.45, 2.75) is 25.9 Å². The second kappa shape index (κ2) is 8.21. The smallest absolute Gasteiger partial charge is 0.262 e. The van der Waals surface area contributed by atoms with Crippen LogP contribution in [0.3, 0.4) is 0 Å². The third-order valence-electron chi connectivity index (χ3n) is 6.78. The minimum absolute atomic E-state index is 0.184. The predicted octanol–water partition coefficient (Wildman–Crippen LogP) is 5.09. The molecule has 4 nitrogen and oxygen atoms in total. The zero-order valence-electron chi connectivity index (χ0n) is 18.4. The second-order valence-electron chi connectivity index (χ2n) is 8.62. The molecule has 2 aliphatic rings. The van der Waals surface area contributed by atoms with Crippen LogP contribution in [0, 0.1) is 0 Å². The van der Waals surface area contributed by atoms with Crippen LogP contribution in [-0.2, 0) is 0 Å². The summed E-state index contributed by atoms with van der Waals surface area (Å²) in [6.45, 7) is 5.67.